The van der Waals surface area contributed by atoms with Crippen LogP contribution in [0.3, 0.4) is 0 Å². The Morgan fingerprint density at radius 3 is 2.89 bits per heavy atom. The summed E-state index contributed by atoms with van der Waals surface area (Å²) in [6.45, 7) is 2.40. The maximum atomic E-state index is 12.2. The largest absolute Gasteiger partial charge is 0.291 e. The van der Waals surface area contributed by atoms with Gasteiger partial charge in [0.05, 0.1) is 16.6 Å². The van der Waals surface area contributed by atoms with Crippen LogP contribution in [0.4, 0.5) is 0 Å². The summed E-state index contributed by atoms with van der Waals surface area (Å²) in [5.74, 6) is 0.124. The fraction of sp³-hybridized carbons (Fsp3) is 0.200. The van der Waals surface area contributed by atoms with Crippen LogP contribution >= 0.6 is 11.3 Å². The van der Waals surface area contributed by atoms with Crippen LogP contribution in [0, 0.1) is 0 Å². The maximum Gasteiger partial charge on any atom is 0.194 e. The lowest BCUT2D eigenvalue weighted by atomic mass is 10.2. The fourth-order valence-corrected chi connectivity index (χ4v) is 2.96. The van der Waals surface area contributed by atoms with Crippen molar-refractivity contribution >= 4 is 28.0 Å². The number of rotatable bonds is 4. The Bertz CT molecular complexity index is 726. The average Bonchev–Trinajstić information content (AvgIpc) is 3.06. The molecule has 0 spiro atoms. The number of benzene rings is 1. The predicted molar refractivity (Wildman–Crippen MR) is 77.8 cm³/mol. The van der Waals surface area contributed by atoms with E-state index in [9.17, 15) is 4.79 Å². The Morgan fingerprint density at radius 2 is 2.11 bits per heavy atom. The summed E-state index contributed by atoms with van der Waals surface area (Å²) in [5, 5.41) is 5.35. The molecule has 2 heterocycles. The highest BCUT2D eigenvalue weighted by atomic mass is 32.1. The first-order valence-corrected chi connectivity index (χ1v) is 7.12. The summed E-state index contributed by atoms with van der Waals surface area (Å²) in [6, 6.07) is 11.9. The zero-order valence-corrected chi connectivity index (χ0v) is 11.5. The van der Waals surface area contributed by atoms with Gasteiger partial charge >= 0.3 is 0 Å². The number of fused-ring (bicyclic) bond motifs is 1. The van der Waals surface area contributed by atoms with Crippen molar-refractivity contribution in [2.45, 2.75) is 19.9 Å². The van der Waals surface area contributed by atoms with Crippen molar-refractivity contribution < 1.29 is 4.79 Å². The summed E-state index contributed by atoms with van der Waals surface area (Å²) in [5.41, 5.74) is 1.00. The summed E-state index contributed by atoms with van der Waals surface area (Å²) in [4.78, 5) is 14.3. The Hall–Kier alpha value is -1.94. The maximum absolute atomic E-state index is 12.2. The first kappa shape index (κ1) is 12.1. The van der Waals surface area contributed by atoms with Crippen molar-refractivity contribution in [1.29, 1.82) is 0 Å². The minimum Gasteiger partial charge on any atom is -0.291 e. The molecule has 3 aromatic rings. The Kier molecular flexibility index (Phi) is 3.17. The third-order valence-corrected chi connectivity index (χ3v) is 4.40. The van der Waals surface area contributed by atoms with Crippen LogP contribution in [0.25, 0.3) is 10.9 Å². The van der Waals surface area contributed by atoms with Gasteiger partial charge in [-0.2, -0.15) is 5.10 Å². The summed E-state index contributed by atoms with van der Waals surface area (Å²) in [6.07, 6.45) is 2.77. The average molecular weight is 270 g/mol. The molecule has 19 heavy (non-hydrogen) atoms. The van der Waals surface area contributed by atoms with Gasteiger partial charge in [-0.25, -0.2) is 0 Å². The first-order chi connectivity index (χ1) is 9.28. The van der Waals surface area contributed by atoms with E-state index in [-0.39, 0.29) is 5.78 Å². The second-order valence-corrected chi connectivity index (χ2v) is 5.57. The number of aryl methyl sites for hydroxylation is 1. The molecule has 4 heteroatoms. The normalized spacial score (nSPS) is 11.0. The lowest BCUT2D eigenvalue weighted by Crippen LogP contribution is -2.10. The van der Waals surface area contributed by atoms with Crippen LogP contribution in [0.1, 0.15) is 21.5 Å². The number of hydrogen-bond acceptors (Lipinski definition) is 3. The molecule has 0 radical (unpaired) electrons. The van der Waals surface area contributed by atoms with Crippen LogP contribution in [-0.2, 0) is 13.0 Å². The second-order valence-electron chi connectivity index (χ2n) is 4.40. The van der Waals surface area contributed by atoms with Gasteiger partial charge in [-0.05, 0) is 24.6 Å². The minimum atomic E-state index is 0.124. The molecule has 2 aromatic heterocycles. The van der Waals surface area contributed by atoms with Crippen LogP contribution in [0.15, 0.2) is 42.6 Å². The van der Waals surface area contributed by atoms with Gasteiger partial charge in [-0.3, -0.25) is 9.48 Å². The van der Waals surface area contributed by atoms with E-state index in [2.05, 4.69) is 12.0 Å². The standard InChI is InChI=1S/C15H14N2OS/c1-2-12-7-8-15(19-12)14(18)10-17-13-6-4-3-5-11(13)9-16-17/h3-9H,2,10H2,1H3. The van der Waals surface area contributed by atoms with Gasteiger partial charge in [0, 0.05) is 10.3 Å². The van der Waals surface area contributed by atoms with Crippen molar-refractivity contribution in [3.05, 3.63) is 52.3 Å². The summed E-state index contributed by atoms with van der Waals surface area (Å²) >= 11 is 1.58. The Labute approximate surface area is 115 Å². The molecule has 0 aliphatic carbocycles. The molecule has 1 aromatic carbocycles. The van der Waals surface area contributed by atoms with E-state index in [1.165, 1.54) is 4.88 Å². The minimum absolute atomic E-state index is 0.124. The van der Waals surface area contributed by atoms with E-state index < -0.39 is 0 Å². The van der Waals surface area contributed by atoms with Crippen molar-refractivity contribution in [1.82, 2.24) is 9.78 Å². The smallest absolute Gasteiger partial charge is 0.194 e. The number of para-hydroxylation sites is 1. The molecular weight excluding hydrogens is 256 g/mol. The number of thiophene rings is 1. The van der Waals surface area contributed by atoms with E-state index in [1.54, 1.807) is 22.2 Å². The highest BCUT2D eigenvalue weighted by Gasteiger charge is 2.11. The van der Waals surface area contributed by atoms with Gasteiger partial charge < -0.3 is 0 Å². The topological polar surface area (TPSA) is 34.9 Å². The first-order valence-electron chi connectivity index (χ1n) is 6.30. The van der Waals surface area contributed by atoms with Gasteiger partial charge in [-0.1, -0.05) is 25.1 Å². The lowest BCUT2D eigenvalue weighted by molar-refractivity contribution is 0.0973. The van der Waals surface area contributed by atoms with Gasteiger partial charge in [0.15, 0.2) is 5.78 Å². The molecule has 0 aliphatic heterocycles. The summed E-state index contributed by atoms with van der Waals surface area (Å²) in [7, 11) is 0. The third kappa shape index (κ3) is 2.31. The van der Waals surface area contributed by atoms with E-state index >= 15 is 0 Å². The van der Waals surface area contributed by atoms with Crippen LogP contribution < -0.4 is 0 Å². The molecule has 0 aliphatic rings. The quantitative estimate of drug-likeness (QED) is 0.680. The second kappa shape index (κ2) is 4.97. The molecule has 0 N–H and O–H groups in total. The molecule has 96 valence electrons. The monoisotopic (exact) mass is 270 g/mol. The molecule has 0 bridgehead atoms. The number of ketones is 1. The number of hydrogen-bond donors (Lipinski definition) is 0. The van der Waals surface area contributed by atoms with E-state index in [0.717, 1.165) is 22.2 Å². The molecule has 0 fully saturated rings. The fourth-order valence-electron chi connectivity index (χ4n) is 2.08. The molecular formula is C15H14N2OS. The SMILES string of the molecule is CCc1ccc(C(=O)Cn2ncc3ccccc32)s1. The highest BCUT2D eigenvalue weighted by molar-refractivity contribution is 7.14. The predicted octanol–water partition coefficient (Wildman–Crippen LogP) is 3.54. The van der Waals surface area contributed by atoms with E-state index in [0.29, 0.717) is 6.54 Å². The van der Waals surface area contributed by atoms with Crippen LogP contribution in [0.2, 0.25) is 0 Å². The lowest BCUT2D eigenvalue weighted by Gasteiger charge is -2.01. The van der Waals surface area contributed by atoms with Crippen LogP contribution in [-0.4, -0.2) is 15.6 Å². The van der Waals surface area contributed by atoms with Gasteiger partial charge in [0.2, 0.25) is 0 Å². The Balaban J connectivity index is 1.86. The zero-order valence-electron chi connectivity index (χ0n) is 10.7. The molecule has 3 rings (SSSR count). The van der Waals surface area contributed by atoms with E-state index in [1.807, 2.05) is 36.4 Å². The summed E-state index contributed by atoms with van der Waals surface area (Å²) < 4.78 is 1.77. The zero-order chi connectivity index (χ0) is 13.2. The number of Topliss-reactive ketones (excluding diaryl/α,β-unsaturated/α-hetero) is 1. The third-order valence-electron chi connectivity index (χ3n) is 3.13. The van der Waals surface area contributed by atoms with Crippen LogP contribution in [0.5, 0.6) is 0 Å². The van der Waals surface area contributed by atoms with Crippen molar-refractivity contribution in [3.8, 4) is 0 Å². The van der Waals surface area contributed by atoms with Gasteiger partial charge in [-0.15, -0.1) is 11.3 Å². The van der Waals surface area contributed by atoms with Crippen molar-refractivity contribution in [2.24, 2.45) is 0 Å². The van der Waals surface area contributed by atoms with Crippen molar-refractivity contribution in [3.63, 3.8) is 0 Å². The number of carbonyl (C=O) groups excluding carboxylic acids is 1. The molecule has 0 unspecified atom stereocenters. The molecule has 0 amide bonds. The number of carbonyl (C=O) groups is 1. The molecule has 0 saturated heterocycles. The number of nitrogens with zero attached hydrogens (tertiary/aromatic N) is 2. The van der Waals surface area contributed by atoms with Crippen molar-refractivity contribution in [2.75, 3.05) is 0 Å². The Morgan fingerprint density at radius 1 is 1.26 bits per heavy atom. The highest BCUT2D eigenvalue weighted by Crippen LogP contribution is 2.19. The number of aromatic nitrogens is 2. The van der Waals surface area contributed by atoms with Gasteiger partial charge in [0.25, 0.3) is 0 Å². The van der Waals surface area contributed by atoms with Gasteiger partial charge in [0.1, 0.15) is 6.54 Å². The van der Waals surface area contributed by atoms with E-state index in [4.69, 9.17) is 0 Å². The molecule has 3 nitrogen and oxygen atoms in total. The molecule has 0 atom stereocenters. The molecule has 0 saturated carbocycles.